The molecule has 0 radical (unpaired) electrons. The first kappa shape index (κ1) is 7.92. The van der Waals surface area contributed by atoms with Crippen LogP contribution in [0, 0.1) is 6.92 Å². The molecule has 0 saturated heterocycles. The van der Waals surface area contributed by atoms with Gasteiger partial charge in [0, 0.05) is 23.3 Å². The zero-order chi connectivity index (χ0) is 9.26. The summed E-state index contributed by atoms with van der Waals surface area (Å²) in [5, 5.41) is 2.03. The summed E-state index contributed by atoms with van der Waals surface area (Å²) in [6, 6.07) is 5.70. The molecule has 13 heavy (non-hydrogen) atoms. The van der Waals surface area contributed by atoms with Crippen molar-refractivity contribution in [1.29, 1.82) is 0 Å². The molecule has 0 bridgehead atoms. The number of aryl methyl sites for hydroxylation is 1. The maximum Gasteiger partial charge on any atom is 0.150 e. The van der Waals surface area contributed by atoms with Crippen LogP contribution in [0.4, 0.5) is 0 Å². The lowest BCUT2D eigenvalue weighted by molar-refractivity contribution is 0.112. The van der Waals surface area contributed by atoms with Gasteiger partial charge < -0.3 is 0 Å². The molecule has 2 nitrogen and oxygen atoms in total. The Morgan fingerprint density at radius 3 is 2.85 bits per heavy atom. The Labute approximate surface area is 76.2 Å². The minimum atomic E-state index is 0.703. The number of carbonyl (C=O) groups excluding carboxylic acids is 1. The van der Waals surface area contributed by atoms with E-state index in [1.807, 2.05) is 25.1 Å². The van der Waals surface area contributed by atoms with Gasteiger partial charge in [0.2, 0.25) is 0 Å². The van der Waals surface area contributed by atoms with Crippen LogP contribution in [0.5, 0.6) is 0 Å². The van der Waals surface area contributed by atoms with Gasteiger partial charge in [0.25, 0.3) is 0 Å². The largest absolute Gasteiger partial charge is 0.298 e. The predicted molar refractivity (Wildman–Crippen MR) is 51.9 cm³/mol. The third-order valence-electron chi connectivity index (χ3n) is 2.20. The summed E-state index contributed by atoms with van der Waals surface area (Å²) in [5.41, 5.74) is 1.87. The number of rotatable bonds is 1. The molecular formula is C11H9NO. The number of hydrogen-bond donors (Lipinski definition) is 0. The minimum Gasteiger partial charge on any atom is -0.298 e. The van der Waals surface area contributed by atoms with Crippen molar-refractivity contribution < 1.29 is 4.79 Å². The average Bonchev–Trinajstić information content (AvgIpc) is 2.19. The molecule has 0 aliphatic heterocycles. The Balaban J connectivity index is 2.92. The molecule has 0 fully saturated rings. The highest BCUT2D eigenvalue weighted by Gasteiger charge is 2.01. The molecule has 1 aromatic carbocycles. The second-order valence-electron chi connectivity index (χ2n) is 3.01. The molecule has 1 aromatic heterocycles. The Bertz CT molecular complexity index is 463. The van der Waals surface area contributed by atoms with Gasteiger partial charge in [-0.15, -0.1) is 0 Å². The highest BCUT2D eigenvalue weighted by atomic mass is 16.1. The topological polar surface area (TPSA) is 30.0 Å². The van der Waals surface area contributed by atoms with E-state index in [-0.39, 0.29) is 0 Å². The number of hydrogen-bond acceptors (Lipinski definition) is 2. The molecule has 64 valence electrons. The maximum absolute atomic E-state index is 10.7. The zero-order valence-electron chi connectivity index (χ0n) is 7.32. The highest BCUT2D eigenvalue weighted by Crippen LogP contribution is 2.19. The van der Waals surface area contributed by atoms with Crippen LogP contribution in [0.3, 0.4) is 0 Å². The lowest BCUT2D eigenvalue weighted by Crippen LogP contribution is -1.86. The quantitative estimate of drug-likeness (QED) is 0.616. The van der Waals surface area contributed by atoms with Crippen LogP contribution < -0.4 is 0 Å². The lowest BCUT2D eigenvalue weighted by Gasteiger charge is -2.02. The first-order valence-corrected chi connectivity index (χ1v) is 4.11. The molecule has 2 aromatic rings. The average molecular weight is 171 g/mol. The van der Waals surface area contributed by atoms with Crippen LogP contribution in [0.1, 0.15) is 15.9 Å². The van der Waals surface area contributed by atoms with Crippen LogP contribution in [0.15, 0.2) is 30.6 Å². The van der Waals surface area contributed by atoms with E-state index in [1.165, 1.54) is 5.56 Å². The second-order valence-corrected chi connectivity index (χ2v) is 3.01. The number of nitrogens with zero attached hydrogens (tertiary/aromatic N) is 1. The van der Waals surface area contributed by atoms with E-state index < -0.39 is 0 Å². The Kier molecular flexibility index (Phi) is 1.81. The molecule has 2 rings (SSSR count). The summed E-state index contributed by atoms with van der Waals surface area (Å²) in [6.07, 6.45) is 4.33. The fourth-order valence-electron chi connectivity index (χ4n) is 1.47. The molecule has 0 spiro atoms. The fraction of sp³-hybridized carbons (Fsp3) is 0.0909. The van der Waals surface area contributed by atoms with Crippen molar-refractivity contribution in [2.75, 3.05) is 0 Å². The van der Waals surface area contributed by atoms with Gasteiger partial charge in [-0.1, -0.05) is 12.1 Å². The zero-order valence-corrected chi connectivity index (χ0v) is 7.32. The van der Waals surface area contributed by atoms with Crippen LogP contribution in [-0.4, -0.2) is 11.3 Å². The highest BCUT2D eigenvalue weighted by molar-refractivity contribution is 5.98. The van der Waals surface area contributed by atoms with Crippen molar-refractivity contribution in [3.05, 3.63) is 41.7 Å². The summed E-state index contributed by atoms with van der Waals surface area (Å²) in [5.74, 6) is 0. The Morgan fingerprint density at radius 2 is 2.08 bits per heavy atom. The molecule has 0 aliphatic rings. The number of benzene rings is 1. The SMILES string of the molecule is Cc1ccc(C=O)c2cnccc12. The van der Waals surface area contributed by atoms with Crippen LogP contribution >= 0.6 is 0 Å². The summed E-state index contributed by atoms with van der Waals surface area (Å²) in [7, 11) is 0. The van der Waals surface area contributed by atoms with E-state index in [0.717, 1.165) is 17.1 Å². The number of aromatic nitrogens is 1. The number of aldehydes is 1. The molecular weight excluding hydrogens is 162 g/mol. The molecule has 0 amide bonds. The Hall–Kier alpha value is -1.70. The maximum atomic E-state index is 10.7. The molecule has 0 unspecified atom stereocenters. The van der Waals surface area contributed by atoms with Crippen LogP contribution in [0.2, 0.25) is 0 Å². The first-order valence-electron chi connectivity index (χ1n) is 4.11. The summed E-state index contributed by atoms with van der Waals surface area (Å²) < 4.78 is 0. The van der Waals surface area contributed by atoms with Gasteiger partial charge in [-0.05, 0) is 23.9 Å². The first-order chi connectivity index (χ1) is 6.33. The van der Waals surface area contributed by atoms with Crippen molar-refractivity contribution in [3.63, 3.8) is 0 Å². The minimum absolute atomic E-state index is 0.703. The number of carbonyl (C=O) groups is 1. The van der Waals surface area contributed by atoms with Gasteiger partial charge in [0.1, 0.15) is 0 Å². The van der Waals surface area contributed by atoms with Gasteiger partial charge in [-0.25, -0.2) is 0 Å². The van der Waals surface area contributed by atoms with E-state index in [0.29, 0.717) is 5.56 Å². The third kappa shape index (κ3) is 1.20. The van der Waals surface area contributed by atoms with Crippen molar-refractivity contribution in [1.82, 2.24) is 4.98 Å². The number of fused-ring (bicyclic) bond motifs is 1. The van der Waals surface area contributed by atoms with Gasteiger partial charge in [0.05, 0.1) is 0 Å². The predicted octanol–water partition coefficient (Wildman–Crippen LogP) is 2.36. The summed E-state index contributed by atoms with van der Waals surface area (Å²) >= 11 is 0. The number of pyridine rings is 1. The molecule has 0 N–H and O–H groups in total. The third-order valence-corrected chi connectivity index (χ3v) is 2.20. The second kappa shape index (κ2) is 2.98. The molecule has 0 saturated carbocycles. The molecule has 1 heterocycles. The molecule has 0 aliphatic carbocycles. The van der Waals surface area contributed by atoms with Crippen molar-refractivity contribution in [2.24, 2.45) is 0 Å². The smallest absolute Gasteiger partial charge is 0.150 e. The molecule has 0 atom stereocenters. The van der Waals surface area contributed by atoms with E-state index >= 15 is 0 Å². The van der Waals surface area contributed by atoms with Crippen molar-refractivity contribution >= 4 is 17.1 Å². The van der Waals surface area contributed by atoms with Crippen LogP contribution in [0.25, 0.3) is 10.8 Å². The van der Waals surface area contributed by atoms with Crippen molar-refractivity contribution in [2.45, 2.75) is 6.92 Å². The normalized spacial score (nSPS) is 10.2. The lowest BCUT2D eigenvalue weighted by atomic mass is 10.0. The van der Waals surface area contributed by atoms with Gasteiger partial charge in [-0.2, -0.15) is 0 Å². The van der Waals surface area contributed by atoms with E-state index in [1.54, 1.807) is 12.4 Å². The van der Waals surface area contributed by atoms with Crippen LogP contribution in [-0.2, 0) is 0 Å². The monoisotopic (exact) mass is 171 g/mol. The van der Waals surface area contributed by atoms with Gasteiger partial charge >= 0.3 is 0 Å². The summed E-state index contributed by atoms with van der Waals surface area (Å²) in [6.45, 7) is 2.02. The van der Waals surface area contributed by atoms with E-state index in [9.17, 15) is 4.79 Å². The molecule has 2 heteroatoms. The standard InChI is InChI=1S/C11H9NO/c1-8-2-3-9(7-13)11-6-12-5-4-10(8)11/h2-7H,1H3. The van der Waals surface area contributed by atoms with E-state index in [2.05, 4.69) is 4.98 Å². The van der Waals surface area contributed by atoms with Crippen molar-refractivity contribution in [3.8, 4) is 0 Å². The van der Waals surface area contributed by atoms with Gasteiger partial charge in [0.15, 0.2) is 6.29 Å². The van der Waals surface area contributed by atoms with E-state index in [4.69, 9.17) is 0 Å². The van der Waals surface area contributed by atoms with Gasteiger partial charge in [-0.3, -0.25) is 9.78 Å². The fourth-order valence-corrected chi connectivity index (χ4v) is 1.47. The Morgan fingerprint density at radius 1 is 1.23 bits per heavy atom. The summed E-state index contributed by atoms with van der Waals surface area (Å²) in [4.78, 5) is 14.7.